The van der Waals surface area contributed by atoms with Gasteiger partial charge in [-0.2, -0.15) is 4.31 Å². The van der Waals surface area contributed by atoms with Crippen molar-refractivity contribution in [2.24, 2.45) is 0 Å². The highest BCUT2D eigenvalue weighted by Gasteiger charge is 2.39. The Hall–Kier alpha value is -2.99. The zero-order valence-corrected chi connectivity index (χ0v) is 18.1. The summed E-state index contributed by atoms with van der Waals surface area (Å²) in [6.07, 6.45) is 2.11. The normalized spacial score (nSPS) is 17.6. The monoisotopic (exact) mass is 470 g/mol. The summed E-state index contributed by atoms with van der Waals surface area (Å²) in [5.74, 6) is -4.08. The zero-order valence-electron chi connectivity index (χ0n) is 17.3. The molecule has 176 valence electrons. The molecular formula is C20H26N2O9S. The van der Waals surface area contributed by atoms with E-state index in [0.29, 0.717) is 25.7 Å². The summed E-state index contributed by atoms with van der Waals surface area (Å²) in [5, 5.41) is 29.5. The Bertz CT molecular complexity index is 960. The Morgan fingerprint density at radius 2 is 1.69 bits per heavy atom. The quantitative estimate of drug-likeness (QED) is 0.326. The largest absolute Gasteiger partial charge is 0.481 e. The Labute approximate surface area is 185 Å². The second kappa shape index (κ2) is 11.0. The third-order valence-electron chi connectivity index (χ3n) is 5.20. The van der Waals surface area contributed by atoms with Crippen LogP contribution < -0.4 is 5.32 Å². The van der Waals surface area contributed by atoms with E-state index in [-0.39, 0.29) is 36.3 Å². The van der Waals surface area contributed by atoms with Crippen molar-refractivity contribution in [2.45, 2.75) is 61.9 Å². The molecule has 0 bridgehead atoms. The van der Waals surface area contributed by atoms with Crippen LogP contribution in [0.4, 0.5) is 0 Å². The van der Waals surface area contributed by atoms with Gasteiger partial charge in [0.05, 0.1) is 4.90 Å². The van der Waals surface area contributed by atoms with Crippen LogP contribution in [0.5, 0.6) is 0 Å². The standard InChI is InChI=1S/C20H26N2O9S/c23-17(24)7-3-1-2-5-15(19(26)27)21-18(25)13-8-10-14(11-9-13)32(30,31)22-12-4-6-16(22)20(28)29/h8-11,15-16H,1-7,12H2,(H,21,25)(H,23,24)(H,26,27)(H,28,29)/t15-,16+/m0/s1. The lowest BCUT2D eigenvalue weighted by Gasteiger charge is -2.21. The highest BCUT2D eigenvalue weighted by atomic mass is 32.2. The van der Waals surface area contributed by atoms with Gasteiger partial charge in [-0.05, 0) is 49.9 Å². The third-order valence-corrected chi connectivity index (χ3v) is 7.12. The lowest BCUT2D eigenvalue weighted by atomic mass is 10.1. The second-order valence-electron chi connectivity index (χ2n) is 7.49. The first-order valence-corrected chi connectivity index (χ1v) is 11.6. The van der Waals surface area contributed by atoms with Gasteiger partial charge in [0.2, 0.25) is 10.0 Å². The number of hydrogen-bond donors (Lipinski definition) is 4. The number of amides is 1. The molecule has 2 rings (SSSR count). The van der Waals surface area contributed by atoms with Crippen LogP contribution in [0.1, 0.15) is 55.3 Å². The molecule has 1 fully saturated rings. The number of carboxylic acid groups (broad SMARTS) is 3. The molecule has 0 aromatic heterocycles. The molecule has 1 aromatic carbocycles. The minimum absolute atomic E-state index is 0.00993. The average molecular weight is 471 g/mol. The highest BCUT2D eigenvalue weighted by molar-refractivity contribution is 7.89. The summed E-state index contributed by atoms with van der Waals surface area (Å²) in [5.41, 5.74) is 0.0530. The number of unbranched alkanes of at least 4 members (excludes halogenated alkanes) is 2. The lowest BCUT2D eigenvalue weighted by Crippen LogP contribution is -2.41. The first-order valence-electron chi connectivity index (χ1n) is 10.1. The van der Waals surface area contributed by atoms with E-state index in [4.69, 9.17) is 5.11 Å². The van der Waals surface area contributed by atoms with Crippen LogP contribution in [0, 0.1) is 0 Å². The Morgan fingerprint density at radius 3 is 2.25 bits per heavy atom. The van der Waals surface area contributed by atoms with Gasteiger partial charge in [0.1, 0.15) is 12.1 Å². The minimum Gasteiger partial charge on any atom is -0.481 e. The number of carboxylic acids is 3. The average Bonchev–Trinajstić information content (AvgIpc) is 3.23. The van der Waals surface area contributed by atoms with Crippen molar-refractivity contribution in [2.75, 3.05) is 6.54 Å². The number of rotatable bonds is 12. The predicted octanol–water partition coefficient (Wildman–Crippen LogP) is 1.14. The van der Waals surface area contributed by atoms with Gasteiger partial charge in [-0.3, -0.25) is 14.4 Å². The molecule has 2 atom stereocenters. The molecule has 0 aliphatic carbocycles. The zero-order chi connectivity index (χ0) is 23.9. The topological polar surface area (TPSA) is 178 Å². The van der Waals surface area contributed by atoms with Crippen molar-refractivity contribution in [3.05, 3.63) is 29.8 Å². The number of carbonyl (C=O) groups excluding carboxylic acids is 1. The molecule has 1 amide bonds. The van der Waals surface area contributed by atoms with Gasteiger partial charge in [-0.1, -0.05) is 12.8 Å². The Morgan fingerprint density at radius 1 is 1.03 bits per heavy atom. The molecule has 0 spiro atoms. The molecule has 4 N–H and O–H groups in total. The van der Waals surface area contributed by atoms with Crippen LogP contribution in [-0.4, -0.2) is 70.5 Å². The molecule has 1 aliphatic rings. The van der Waals surface area contributed by atoms with E-state index in [1.807, 2.05) is 0 Å². The number of hydrogen-bond acceptors (Lipinski definition) is 6. The third kappa shape index (κ3) is 6.50. The number of benzene rings is 1. The van der Waals surface area contributed by atoms with Crippen LogP contribution >= 0.6 is 0 Å². The second-order valence-corrected chi connectivity index (χ2v) is 9.38. The fourth-order valence-corrected chi connectivity index (χ4v) is 5.14. The van der Waals surface area contributed by atoms with Gasteiger partial charge in [0, 0.05) is 18.5 Å². The maximum atomic E-state index is 12.8. The predicted molar refractivity (Wildman–Crippen MR) is 111 cm³/mol. The molecule has 1 aromatic rings. The van der Waals surface area contributed by atoms with Crippen molar-refractivity contribution in [3.8, 4) is 0 Å². The molecule has 0 saturated carbocycles. The van der Waals surface area contributed by atoms with E-state index in [1.54, 1.807) is 0 Å². The van der Waals surface area contributed by atoms with Gasteiger partial charge in [0.15, 0.2) is 0 Å². The first-order chi connectivity index (χ1) is 15.0. The molecular weight excluding hydrogens is 444 g/mol. The van der Waals surface area contributed by atoms with Crippen LogP contribution in [0.15, 0.2) is 29.2 Å². The van der Waals surface area contributed by atoms with Crippen LogP contribution in [0.2, 0.25) is 0 Å². The smallest absolute Gasteiger partial charge is 0.326 e. The number of sulfonamides is 1. The van der Waals surface area contributed by atoms with Crippen LogP contribution in [0.25, 0.3) is 0 Å². The number of carbonyl (C=O) groups is 4. The van der Waals surface area contributed by atoms with E-state index in [0.717, 1.165) is 4.31 Å². The fourth-order valence-electron chi connectivity index (χ4n) is 3.49. The SMILES string of the molecule is O=C(O)CCCCC[C@H](NC(=O)c1ccc(S(=O)(=O)N2CCC[C@@H]2C(=O)O)cc1)C(=O)O. The molecule has 1 saturated heterocycles. The van der Waals surface area contributed by atoms with Gasteiger partial charge < -0.3 is 20.6 Å². The lowest BCUT2D eigenvalue weighted by molar-refractivity contribution is -0.141. The minimum atomic E-state index is -4.05. The summed E-state index contributed by atoms with van der Waals surface area (Å²) in [6, 6.07) is 2.54. The fraction of sp³-hybridized carbons (Fsp3) is 0.500. The van der Waals surface area contributed by atoms with Crippen molar-refractivity contribution in [1.82, 2.24) is 9.62 Å². The molecule has 11 nitrogen and oxygen atoms in total. The van der Waals surface area contributed by atoms with E-state index in [2.05, 4.69) is 5.32 Å². The van der Waals surface area contributed by atoms with Gasteiger partial charge in [-0.15, -0.1) is 0 Å². The van der Waals surface area contributed by atoms with Crippen molar-refractivity contribution >= 4 is 33.8 Å². The molecule has 32 heavy (non-hydrogen) atoms. The summed E-state index contributed by atoms with van der Waals surface area (Å²) in [7, 11) is -4.05. The summed E-state index contributed by atoms with van der Waals surface area (Å²) < 4.78 is 26.4. The van der Waals surface area contributed by atoms with Crippen molar-refractivity contribution in [3.63, 3.8) is 0 Å². The van der Waals surface area contributed by atoms with Crippen LogP contribution in [0.3, 0.4) is 0 Å². The Balaban J connectivity index is 2.01. The van der Waals surface area contributed by atoms with Gasteiger partial charge in [-0.25, -0.2) is 13.2 Å². The molecule has 0 radical (unpaired) electrons. The van der Waals surface area contributed by atoms with E-state index in [9.17, 15) is 37.8 Å². The van der Waals surface area contributed by atoms with Crippen molar-refractivity contribution in [1.29, 1.82) is 0 Å². The summed E-state index contributed by atoms with van der Waals surface area (Å²) >= 11 is 0. The summed E-state index contributed by atoms with van der Waals surface area (Å²) in [4.78, 5) is 45.5. The Kier molecular flexibility index (Phi) is 8.72. The van der Waals surface area contributed by atoms with Gasteiger partial charge in [0.25, 0.3) is 5.91 Å². The highest BCUT2D eigenvalue weighted by Crippen LogP contribution is 2.26. The number of aliphatic carboxylic acids is 3. The van der Waals surface area contributed by atoms with E-state index < -0.39 is 45.9 Å². The van der Waals surface area contributed by atoms with E-state index in [1.165, 1.54) is 24.3 Å². The molecule has 1 aliphatic heterocycles. The molecule has 1 heterocycles. The van der Waals surface area contributed by atoms with Crippen molar-refractivity contribution < 1.29 is 42.9 Å². The molecule has 12 heteroatoms. The van der Waals surface area contributed by atoms with Gasteiger partial charge >= 0.3 is 17.9 Å². The van der Waals surface area contributed by atoms with Crippen LogP contribution in [-0.2, 0) is 24.4 Å². The number of nitrogens with one attached hydrogen (secondary N) is 1. The number of nitrogens with zero attached hydrogens (tertiary/aromatic N) is 1. The maximum Gasteiger partial charge on any atom is 0.326 e. The maximum absolute atomic E-state index is 12.8. The molecule has 0 unspecified atom stereocenters. The first kappa shape index (κ1) is 25.3. The summed E-state index contributed by atoms with van der Waals surface area (Å²) in [6.45, 7) is 0.0916. The van der Waals surface area contributed by atoms with E-state index >= 15 is 0 Å².